The van der Waals surface area contributed by atoms with Gasteiger partial charge in [0.15, 0.2) is 0 Å². The molecule has 1 aliphatic heterocycles. The summed E-state index contributed by atoms with van der Waals surface area (Å²) in [5.41, 5.74) is 3.11. The van der Waals surface area contributed by atoms with Gasteiger partial charge in [0.05, 0.1) is 5.75 Å². The zero-order valence-corrected chi connectivity index (χ0v) is 15.4. The van der Waals surface area contributed by atoms with Crippen LogP contribution in [0.3, 0.4) is 0 Å². The minimum atomic E-state index is -3.22. The molecule has 1 aliphatic rings. The van der Waals surface area contributed by atoms with Gasteiger partial charge in [0, 0.05) is 44.1 Å². The highest BCUT2D eigenvalue weighted by atomic mass is 32.2. The van der Waals surface area contributed by atoms with Crippen LogP contribution >= 0.6 is 0 Å². The lowest BCUT2D eigenvalue weighted by atomic mass is 10.2. The second-order valence-electron chi connectivity index (χ2n) is 6.30. The number of piperazine rings is 1. The standard InChI is InChI=1S/C19H25N3O2S/c1-2-25(23,24)20-18-8-10-19(11-9-18)22-14-12-21(13-15-22)16-17-6-4-3-5-7-17/h3-11,20H,2,12-16H2,1H3. The number of nitrogens with one attached hydrogen (secondary N) is 1. The molecule has 134 valence electrons. The van der Waals surface area contributed by atoms with E-state index in [1.165, 1.54) is 5.56 Å². The van der Waals surface area contributed by atoms with Crippen molar-refractivity contribution in [2.24, 2.45) is 0 Å². The van der Waals surface area contributed by atoms with Crippen LogP contribution in [0, 0.1) is 0 Å². The smallest absolute Gasteiger partial charge is 0.232 e. The van der Waals surface area contributed by atoms with Crippen molar-refractivity contribution in [1.29, 1.82) is 0 Å². The molecule has 2 aromatic rings. The zero-order valence-electron chi connectivity index (χ0n) is 14.6. The maximum Gasteiger partial charge on any atom is 0.232 e. The summed E-state index contributed by atoms with van der Waals surface area (Å²) in [5, 5.41) is 0. The highest BCUT2D eigenvalue weighted by Crippen LogP contribution is 2.20. The molecule has 0 aromatic heterocycles. The predicted octanol–water partition coefficient (Wildman–Crippen LogP) is 2.77. The van der Waals surface area contributed by atoms with Crippen molar-refractivity contribution >= 4 is 21.4 Å². The van der Waals surface area contributed by atoms with Crippen LogP contribution in [-0.2, 0) is 16.6 Å². The van der Waals surface area contributed by atoms with E-state index in [1.807, 2.05) is 30.3 Å². The number of rotatable bonds is 6. The van der Waals surface area contributed by atoms with Gasteiger partial charge >= 0.3 is 0 Å². The summed E-state index contributed by atoms with van der Waals surface area (Å²) in [4.78, 5) is 4.81. The molecule has 6 heteroatoms. The van der Waals surface area contributed by atoms with E-state index < -0.39 is 10.0 Å². The summed E-state index contributed by atoms with van der Waals surface area (Å²) in [6, 6.07) is 18.2. The third kappa shape index (κ3) is 4.96. The Labute approximate surface area is 150 Å². The molecule has 0 atom stereocenters. The van der Waals surface area contributed by atoms with E-state index in [9.17, 15) is 8.42 Å². The monoisotopic (exact) mass is 359 g/mol. The lowest BCUT2D eigenvalue weighted by molar-refractivity contribution is 0.250. The molecule has 0 aliphatic carbocycles. The van der Waals surface area contributed by atoms with E-state index in [0.717, 1.165) is 38.4 Å². The molecule has 1 saturated heterocycles. The van der Waals surface area contributed by atoms with Gasteiger partial charge in [0.1, 0.15) is 0 Å². The molecule has 0 spiro atoms. The average Bonchev–Trinajstić information content (AvgIpc) is 2.64. The normalized spacial score (nSPS) is 16.0. The minimum absolute atomic E-state index is 0.0815. The quantitative estimate of drug-likeness (QED) is 0.862. The molecule has 5 nitrogen and oxygen atoms in total. The third-order valence-electron chi connectivity index (χ3n) is 4.51. The van der Waals surface area contributed by atoms with Crippen LogP contribution < -0.4 is 9.62 Å². The molecule has 1 heterocycles. The fourth-order valence-corrected chi connectivity index (χ4v) is 3.64. The molecular weight excluding hydrogens is 334 g/mol. The Balaban J connectivity index is 1.54. The Morgan fingerprint density at radius 2 is 1.56 bits per heavy atom. The maximum atomic E-state index is 11.6. The first-order chi connectivity index (χ1) is 12.1. The first kappa shape index (κ1) is 17.8. The zero-order chi connectivity index (χ0) is 17.7. The number of benzene rings is 2. The Kier molecular flexibility index (Phi) is 5.60. The molecule has 0 saturated carbocycles. The highest BCUT2D eigenvalue weighted by Gasteiger charge is 2.17. The van der Waals surface area contributed by atoms with Crippen molar-refractivity contribution in [3.8, 4) is 0 Å². The predicted molar refractivity (Wildman–Crippen MR) is 103 cm³/mol. The highest BCUT2D eigenvalue weighted by molar-refractivity contribution is 7.92. The van der Waals surface area contributed by atoms with E-state index in [-0.39, 0.29) is 5.75 Å². The minimum Gasteiger partial charge on any atom is -0.369 e. The molecule has 0 amide bonds. The molecule has 0 unspecified atom stereocenters. The summed E-state index contributed by atoms with van der Waals surface area (Å²) in [6.07, 6.45) is 0. The summed E-state index contributed by atoms with van der Waals surface area (Å²) in [6.45, 7) is 6.63. The van der Waals surface area contributed by atoms with Gasteiger partial charge in [-0.3, -0.25) is 9.62 Å². The second kappa shape index (κ2) is 7.89. The topological polar surface area (TPSA) is 52.7 Å². The fourth-order valence-electron chi connectivity index (χ4n) is 3.00. The molecule has 25 heavy (non-hydrogen) atoms. The Morgan fingerprint density at radius 1 is 0.920 bits per heavy atom. The van der Waals surface area contributed by atoms with Gasteiger partial charge in [0.2, 0.25) is 10.0 Å². The molecule has 1 fully saturated rings. The van der Waals surface area contributed by atoms with Gasteiger partial charge in [-0.2, -0.15) is 0 Å². The summed E-state index contributed by atoms with van der Waals surface area (Å²) < 4.78 is 25.8. The maximum absolute atomic E-state index is 11.6. The van der Waals surface area contributed by atoms with E-state index in [2.05, 4.69) is 38.8 Å². The van der Waals surface area contributed by atoms with Gasteiger partial charge in [-0.05, 0) is 36.8 Å². The van der Waals surface area contributed by atoms with Crippen molar-refractivity contribution in [2.45, 2.75) is 13.5 Å². The largest absolute Gasteiger partial charge is 0.369 e. The van der Waals surface area contributed by atoms with Crippen LogP contribution in [0.15, 0.2) is 54.6 Å². The molecule has 0 radical (unpaired) electrons. The Hall–Kier alpha value is -2.05. The molecular formula is C19H25N3O2S. The van der Waals surface area contributed by atoms with Gasteiger partial charge < -0.3 is 4.90 Å². The summed E-state index contributed by atoms with van der Waals surface area (Å²) >= 11 is 0. The van der Waals surface area contributed by atoms with Crippen molar-refractivity contribution in [2.75, 3.05) is 41.6 Å². The number of anilines is 2. The van der Waals surface area contributed by atoms with Crippen molar-refractivity contribution in [3.05, 3.63) is 60.2 Å². The number of hydrogen-bond donors (Lipinski definition) is 1. The average molecular weight is 359 g/mol. The number of hydrogen-bond acceptors (Lipinski definition) is 4. The van der Waals surface area contributed by atoms with Crippen molar-refractivity contribution < 1.29 is 8.42 Å². The Morgan fingerprint density at radius 3 is 2.16 bits per heavy atom. The fraction of sp³-hybridized carbons (Fsp3) is 0.368. The van der Waals surface area contributed by atoms with Gasteiger partial charge in [-0.25, -0.2) is 8.42 Å². The van der Waals surface area contributed by atoms with Crippen LogP contribution in [0.5, 0.6) is 0 Å². The van der Waals surface area contributed by atoms with Crippen LogP contribution in [0.2, 0.25) is 0 Å². The molecule has 2 aromatic carbocycles. The lowest BCUT2D eigenvalue weighted by Gasteiger charge is -2.36. The van der Waals surface area contributed by atoms with E-state index >= 15 is 0 Å². The molecule has 3 rings (SSSR count). The van der Waals surface area contributed by atoms with Crippen LogP contribution in [0.25, 0.3) is 0 Å². The van der Waals surface area contributed by atoms with Crippen LogP contribution in [0.1, 0.15) is 12.5 Å². The van der Waals surface area contributed by atoms with E-state index in [1.54, 1.807) is 6.92 Å². The first-order valence-electron chi connectivity index (χ1n) is 8.67. The van der Waals surface area contributed by atoms with Crippen LogP contribution in [0.4, 0.5) is 11.4 Å². The van der Waals surface area contributed by atoms with Gasteiger partial charge in [-0.15, -0.1) is 0 Å². The number of sulfonamides is 1. The van der Waals surface area contributed by atoms with Crippen molar-refractivity contribution in [3.63, 3.8) is 0 Å². The Bertz CT molecular complexity index is 768. The molecule has 1 N–H and O–H groups in total. The summed E-state index contributed by atoms with van der Waals surface area (Å²) in [7, 11) is -3.22. The van der Waals surface area contributed by atoms with E-state index in [4.69, 9.17) is 0 Å². The second-order valence-corrected chi connectivity index (χ2v) is 8.31. The van der Waals surface area contributed by atoms with E-state index in [0.29, 0.717) is 5.69 Å². The lowest BCUT2D eigenvalue weighted by Crippen LogP contribution is -2.45. The number of nitrogens with zero attached hydrogens (tertiary/aromatic N) is 2. The summed E-state index contributed by atoms with van der Waals surface area (Å²) in [5.74, 6) is 0.0815. The van der Waals surface area contributed by atoms with Gasteiger partial charge in [-0.1, -0.05) is 30.3 Å². The SMILES string of the molecule is CCS(=O)(=O)Nc1ccc(N2CCN(Cc3ccccc3)CC2)cc1. The third-order valence-corrected chi connectivity index (χ3v) is 5.81. The molecule has 0 bridgehead atoms. The van der Waals surface area contributed by atoms with Gasteiger partial charge in [0.25, 0.3) is 0 Å². The van der Waals surface area contributed by atoms with Crippen molar-refractivity contribution in [1.82, 2.24) is 4.90 Å². The van der Waals surface area contributed by atoms with Crippen LogP contribution in [-0.4, -0.2) is 45.2 Å². The first-order valence-corrected chi connectivity index (χ1v) is 10.3.